The van der Waals surface area contributed by atoms with Crippen LogP contribution in [0.2, 0.25) is 18.1 Å². The van der Waals surface area contributed by atoms with Crippen molar-refractivity contribution in [2.75, 3.05) is 0 Å². The molecule has 0 saturated heterocycles. The van der Waals surface area contributed by atoms with Gasteiger partial charge in [-0.3, -0.25) is 0 Å². The van der Waals surface area contributed by atoms with Gasteiger partial charge in [-0.1, -0.05) is 71.0 Å². The van der Waals surface area contributed by atoms with Crippen LogP contribution in [0.25, 0.3) is 5.57 Å². The van der Waals surface area contributed by atoms with E-state index in [0.29, 0.717) is 0 Å². The number of aliphatic hydroxyl groups is 1. The fraction of sp³-hybridized carbons (Fsp3) is 0.619. The molecule has 1 aliphatic rings. The third-order valence-electron chi connectivity index (χ3n) is 6.14. The maximum Gasteiger partial charge on any atom is 0.192 e. The molecule has 2 nitrogen and oxygen atoms in total. The molecule has 0 radical (unpaired) electrons. The Morgan fingerprint density at radius 3 is 2.17 bits per heavy atom. The normalized spacial score (nSPS) is 28.3. The minimum absolute atomic E-state index is 0.134. The quantitative estimate of drug-likeness (QED) is 0.689. The largest absolute Gasteiger partial charge is 0.413 e. The Bertz CT molecular complexity index is 528. The summed E-state index contributed by atoms with van der Waals surface area (Å²) >= 11 is 0. The smallest absolute Gasteiger partial charge is 0.192 e. The molecule has 0 aliphatic heterocycles. The Hall–Kier alpha value is -0.903. The van der Waals surface area contributed by atoms with Gasteiger partial charge in [0.1, 0.15) is 0 Å². The first-order chi connectivity index (χ1) is 11.5. The van der Waals surface area contributed by atoms with E-state index >= 15 is 0 Å². The Kier molecular flexibility index (Phi) is 6.85. The second-order valence-electron chi connectivity index (χ2n) is 7.30. The Morgan fingerprint density at radius 1 is 1.04 bits per heavy atom. The zero-order valence-corrected chi connectivity index (χ0v) is 17.0. The number of benzene rings is 1. The lowest BCUT2D eigenvalue weighted by atomic mass is 9.85. The summed E-state index contributed by atoms with van der Waals surface area (Å²) in [5, 5.41) is 10.9. The minimum atomic E-state index is -1.66. The summed E-state index contributed by atoms with van der Waals surface area (Å²) in [5.41, 5.74) is 2.49. The van der Waals surface area contributed by atoms with Crippen molar-refractivity contribution in [1.29, 1.82) is 0 Å². The first-order valence-corrected chi connectivity index (χ1v) is 12.1. The molecule has 1 N–H and O–H groups in total. The molecule has 1 aromatic carbocycles. The SMILES string of the molecule is CC[Si](CC)(CC)OC1CC=C(c2ccccc2)[C@H](C)[C@@H](O)[C@@H]1C. The van der Waals surface area contributed by atoms with Crippen molar-refractivity contribution >= 4 is 13.9 Å². The molecule has 2 rings (SSSR count). The topological polar surface area (TPSA) is 29.5 Å². The maximum atomic E-state index is 10.9. The van der Waals surface area contributed by atoms with Gasteiger partial charge in [0.05, 0.1) is 12.2 Å². The molecule has 0 fully saturated rings. The van der Waals surface area contributed by atoms with E-state index in [1.165, 1.54) is 11.1 Å². The van der Waals surface area contributed by atoms with Gasteiger partial charge in [-0.25, -0.2) is 0 Å². The highest BCUT2D eigenvalue weighted by atomic mass is 28.4. The zero-order valence-electron chi connectivity index (χ0n) is 16.0. The average Bonchev–Trinajstić information content (AvgIpc) is 2.73. The number of rotatable bonds is 6. The van der Waals surface area contributed by atoms with Gasteiger partial charge in [0.2, 0.25) is 0 Å². The van der Waals surface area contributed by atoms with Gasteiger partial charge in [0.25, 0.3) is 0 Å². The monoisotopic (exact) mass is 346 g/mol. The highest BCUT2D eigenvalue weighted by Crippen LogP contribution is 2.37. The van der Waals surface area contributed by atoms with E-state index in [4.69, 9.17) is 4.43 Å². The second kappa shape index (κ2) is 8.46. The molecule has 0 saturated carbocycles. The van der Waals surface area contributed by atoms with Gasteiger partial charge < -0.3 is 9.53 Å². The van der Waals surface area contributed by atoms with E-state index in [-0.39, 0.29) is 24.0 Å². The van der Waals surface area contributed by atoms with E-state index in [1.54, 1.807) is 0 Å². The zero-order chi connectivity index (χ0) is 17.7. The van der Waals surface area contributed by atoms with Crippen molar-refractivity contribution in [3.8, 4) is 0 Å². The third-order valence-corrected chi connectivity index (χ3v) is 10.8. The lowest BCUT2D eigenvalue weighted by Gasteiger charge is -2.37. The van der Waals surface area contributed by atoms with Gasteiger partial charge in [-0.05, 0) is 35.7 Å². The summed E-state index contributed by atoms with van der Waals surface area (Å²) in [4.78, 5) is 0. The lowest BCUT2D eigenvalue weighted by Crippen LogP contribution is -2.44. The molecule has 24 heavy (non-hydrogen) atoms. The van der Waals surface area contributed by atoms with E-state index < -0.39 is 8.32 Å². The van der Waals surface area contributed by atoms with Crippen LogP contribution in [-0.2, 0) is 4.43 Å². The van der Waals surface area contributed by atoms with Crippen molar-refractivity contribution in [2.45, 2.75) is 71.4 Å². The molecule has 134 valence electrons. The van der Waals surface area contributed by atoms with Gasteiger partial charge in [-0.15, -0.1) is 0 Å². The standard InChI is InChI=1S/C21H34O2Si/c1-6-24(7-2,8-3)23-20-15-14-19(16(4)21(22)17(20)5)18-12-10-9-11-13-18/h9-14,16-17,20-22H,6-8,15H2,1-5H3/t16-,17+,20?,21+/m0/s1. The Balaban J connectivity index is 2.28. The van der Waals surface area contributed by atoms with Crippen molar-refractivity contribution in [3.63, 3.8) is 0 Å². The number of hydrogen-bond donors (Lipinski definition) is 1. The lowest BCUT2D eigenvalue weighted by molar-refractivity contribution is 0.0181. The van der Waals surface area contributed by atoms with Crippen LogP contribution in [0.4, 0.5) is 0 Å². The minimum Gasteiger partial charge on any atom is -0.413 e. The van der Waals surface area contributed by atoms with Gasteiger partial charge in [0.15, 0.2) is 8.32 Å². The van der Waals surface area contributed by atoms with Crippen LogP contribution < -0.4 is 0 Å². The molecule has 0 spiro atoms. The van der Waals surface area contributed by atoms with E-state index in [0.717, 1.165) is 24.6 Å². The molecular formula is C21H34O2Si. The van der Waals surface area contributed by atoms with E-state index in [2.05, 4.69) is 65.0 Å². The fourth-order valence-electron chi connectivity index (χ4n) is 3.99. The first-order valence-electron chi connectivity index (χ1n) is 9.59. The van der Waals surface area contributed by atoms with E-state index in [1.807, 2.05) is 6.07 Å². The van der Waals surface area contributed by atoms with Crippen LogP contribution in [0.15, 0.2) is 36.4 Å². The Morgan fingerprint density at radius 2 is 1.62 bits per heavy atom. The summed E-state index contributed by atoms with van der Waals surface area (Å²) < 4.78 is 6.76. The average molecular weight is 347 g/mol. The van der Waals surface area contributed by atoms with Crippen molar-refractivity contribution < 1.29 is 9.53 Å². The molecule has 1 aliphatic carbocycles. The Labute approximate surface area is 149 Å². The van der Waals surface area contributed by atoms with Crippen LogP contribution in [0.1, 0.15) is 46.6 Å². The second-order valence-corrected chi connectivity index (χ2v) is 12.0. The number of aliphatic hydroxyl groups excluding tert-OH is 1. The first kappa shape index (κ1) is 19.4. The molecule has 4 atom stereocenters. The summed E-state index contributed by atoms with van der Waals surface area (Å²) in [6.45, 7) is 11.1. The van der Waals surface area contributed by atoms with Crippen LogP contribution in [0.5, 0.6) is 0 Å². The molecule has 1 unspecified atom stereocenters. The summed E-state index contributed by atoms with van der Waals surface area (Å²) in [7, 11) is -1.66. The van der Waals surface area contributed by atoms with Crippen LogP contribution in [0, 0.1) is 11.8 Å². The molecular weight excluding hydrogens is 312 g/mol. The molecule has 0 amide bonds. The highest BCUT2D eigenvalue weighted by Gasteiger charge is 2.38. The van der Waals surface area contributed by atoms with Crippen LogP contribution in [0.3, 0.4) is 0 Å². The van der Waals surface area contributed by atoms with Gasteiger partial charge in [-0.2, -0.15) is 0 Å². The third kappa shape index (κ3) is 4.01. The molecule has 0 aromatic heterocycles. The van der Waals surface area contributed by atoms with Gasteiger partial charge >= 0.3 is 0 Å². The fourth-order valence-corrected chi connectivity index (χ4v) is 6.94. The highest BCUT2D eigenvalue weighted by molar-refractivity contribution is 6.73. The predicted molar refractivity (Wildman–Crippen MR) is 105 cm³/mol. The summed E-state index contributed by atoms with van der Waals surface area (Å²) in [5.74, 6) is 0.297. The summed E-state index contributed by atoms with van der Waals surface area (Å²) in [6.07, 6.45) is 3.00. The van der Waals surface area contributed by atoms with E-state index in [9.17, 15) is 5.11 Å². The van der Waals surface area contributed by atoms with Crippen molar-refractivity contribution in [2.24, 2.45) is 11.8 Å². The van der Waals surface area contributed by atoms with Crippen molar-refractivity contribution in [3.05, 3.63) is 42.0 Å². The molecule has 1 aromatic rings. The molecule has 3 heteroatoms. The van der Waals surface area contributed by atoms with Crippen LogP contribution >= 0.6 is 0 Å². The van der Waals surface area contributed by atoms with Crippen molar-refractivity contribution in [1.82, 2.24) is 0 Å². The van der Waals surface area contributed by atoms with Gasteiger partial charge in [0, 0.05) is 11.8 Å². The molecule has 0 heterocycles. The predicted octanol–water partition coefficient (Wildman–Crippen LogP) is 5.50. The maximum absolute atomic E-state index is 10.9. The molecule has 0 bridgehead atoms. The number of hydrogen-bond acceptors (Lipinski definition) is 2. The van der Waals surface area contributed by atoms with Crippen LogP contribution in [-0.4, -0.2) is 25.6 Å². The summed E-state index contributed by atoms with van der Waals surface area (Å²) in [6, 6.07) is 13.9.